The van der Waals surface area contributed by atoms with Crippen LogP contribution in [0.4, 0.5) is 0 Å². The van der Waals surface area contributed by atoms with E-state index >= 15 is 0 Å². The van der Waals surface area contributed by atoms with Crippen molar-refractivity contribution in [2.45, 2.75) is 13.5 Å². The summed E-state index contributed by atoms with van der Waals surface area (Å²) in [5.41, 5.74) is 4.11. The molecular weight excluding hydrogens is 378 g/mol. The Labute approximate surface area is 176 Å². The van der Waals surface area contributed by atoms with E-state index in [0.717, 1.165) is 72.8 Å². The number of fused-ring (bicyclic) bond motifs is 3. The lowest BCUT2D eigenvalue weighted by Crippen LogP contribution is -2.38. The van der Waals surface area contributed by atoms with Crippen molar-refractivity contribution in [2.75, 3.05) is 39.5 Å². The van der Waals surface area contributed by atoms with Crippen LogP contribution < -0.4 is 4.74 Å². The monoisotopic (exact) mass is 403 g/mol. The number of ether oxygens (including phenoxy) is 2. The lowest BCUT2D eigenvalue weighted by Gasteiger charge is -2.26. The van der Waals surface area contributed by atoms with Crippen molar-refractivity contribution >= 4 is 5.71 Å². The van der Waals surface area contributed by atoms with Crippen molar-refractivity contribution in [3.63, 3.8) is 0 Å². The first-order valence-corrected chi connectivity index (χ1v) is 10.4. The Morgan fingerprint density at radius 2 is 1.87 bits per heavy atom. The first-order chi connectivity index (χ1) is 14.8. The summed E-state index contributed by atoms with van der Waals surface area (Å²) in [5, 5.41) is 8.58. The van der Waals surface area contributed by atoms with Crippen LogP contribution in [0.15, 0.2) is 53.5 Å². The number of aliphatic imine (C=N–C) groups is 1. The summed E-state index contributed by atoms with van der Waals surface area (Å²) in [4.78, 5) is 7.27. The Balaban J connectivity index is 1.46. The van der Waals surface area contributed by atoms with Crippen molar-refractivity contribution in [1.29, 1.82) is 0 Å². The minimum atomic E-state index is 0.493. The Morgan fingerprint density at radius 3 is 2.70 bits per heavy atom. The first kappa shape index (κ1) is 19.0. The number of benzene rings is 2. The molecule has 0 amide bonds. The molecule has 0 bridgehead atoms. The van der Waals surface area contributed by atoms with Gasteiger partial charge in [-0.1, -0.05) is 30.3 Å². The van der Waals surface area contributed by atoms with Gasteiger partial charge in [0.2, 0.25) is 0 Å². The molecular formula is C23H25N5O2. The van der Waals surface area contributed by atoms with E-state index in [9.17, 15) is 0 Å². The molecule has 2 aromatic carbocycles. The van der Waals surface area contributed by atoms with Gasteiger partial charge in [-0.05, 0) is 25.1 Å². The van der Waals surface area contributed by atoms with Crippen LogP contribution in [0.1, 0.15) is 22.8 Å². The molecule has 5 rings (SSSR count). The van der Waals surface area contributed by atoms with Crippen LogP contribution in [-0.2, 0) is 11.3 Å². The van der Waals surface area contributed by atoms with Crippen molar-refractivity contribution in [1.82, 2.24) is 19.7 Å². The molecule has 0 atom stereocenters. The second-order valence-electron chi connectivity index (χ2n) is 7.51. The molecule has 7 heteroatoms. The summed E-state index contributed by atoms with van der Waals surface area (Å²) in [7, 11) is 0. The van der Waals surface area contributed by atoms with E-state index in [4.69, 9.17) is 14.5 Å². The fraction of sp³-hybridized carbons (Fsp3) is 0.348. The quantitative estimate of drug-likeness (QED) is 0.655. The summed E-state index contributed by atoms with van der Waals surface area (Å²) >= 11 is 0. The SMILES string of the molecule is Cc1nnc2n1-c1ccc(OCCN3CCOCC3)cc1C(c1ccccc1)=NC2. The lowest BCUT2D eigenvalue weighted by atomic mass is 10.00. The number of hydrogen-bond donors (Lipinski definition) is 0. The maximum Gasteiger partial charge on any atom is 0.159 e. The summed E-state index contributed by atoms with van der Waals surface area (Å²) < 4.78 is 13.6. The predicted octanol–water partition coefficient (Wildman–Crippen LogP) is 2.64. The molecule has 0 spiro atoms. The topological polar surface area (TPSA) is 64.8 Å². The summed E-state index contributed by atoms with van der Waals surface area (Å²) in [5.74, 6) is 2.55. The van der Waals surface area contributed by atoms with Gasteiger partial charge < -0.3 is 9.47 Å². The Hall–Kier alpha value is -3.03. The van der Waals surface area contributed by atoms with Crippen LogP contribution in [0.5, 0.6) is 5.75 Å². The molecule has 0 aliphatic carbocycles. The molecule has 1 saturated heterocycles. The van der Waals surface area contributed by atoms with Crippen molar-refractivity contribution in [2.24, 2.45) is 4.99 Å². The van der Waals surface area contributed by atoms with Gasteiger partial charge in [0, 0.05) is 30.8 Å². The van der Waals surface area contributed by atoms with Crippen LogP contribution in [-0.4, -0.2) is 64.8 Å². The van der Waals surface area contributed by atoms with Crippen molar-refractivity contribution in [3.05, 3.63) is 71.3 Å². The number of nitrogens with zero attached hydrogens (tertiary/aromatic N) is 5. The molecule has 3 aromatic rings. The molecule has 7 nitrogen and oxygen atoms in total. The number of aryl methyl sites for hydroxylation is 1. The molecule has 2 aliphatic rings. The third kappa shape index (κ3) is 3.74. The van der Waals surface area contributed by atoms with E-state index in [2.05, 4.69) is 43.9 Å². The fourth-order valence-corrected chi connectivity index (χ4v) is 4.01. The molecule has 30 heavy (non-hydrogen) atoms. The van der Waals surface area contributed by atoms with Crippen LogP contribution in [0.2, 0.25) is 0 Å². The average molecular weight is 403 g/mol. The van der Waals surface area contributed by atoms with Crippen molar-refractivity contribution in [3.8, 4) is 11.4 Å². The Morgan fingerprint density at radius 1 is 1.03 bits per heavy atom. The molecule has 0 unspecified atom stereocenters. The van der Waals surface area contributed by atoms with Gasteiger partial charge in [-0.2, -0.15) is 0 Å². The van der Waals surface area contributed by atoms with Gasteiger partial charge in [-0.15, -0.1) is 10.2 Å². The van der Waals surface area contributed by atoms with E-state index in [-0.39, 0.29) is 0 Å². The number of hydrogen-bond acceptors (Lipinski definition) is 6. The Kier molecular flexibility index (Phi) is 5.29. The second kappa shape index (κ2) is 8.38. The molecule has 0 saturated carbocycles. The lowest BCUT2D eigenvalue weighted by molar-refractivity contribution is 0.0322. The summed E-state index contributed by atoms with van der Waals surface area (Å²) in [6, 6.07) is 16.5. The smallest absolute Gasteiger partial charge is 0.159 e. The van der Waals surface area contributed by atoms with Gasteiger partial charge in [0.05, 0.1) is 24.6 Å². The van der Waals surface area contributed by atoms with Gasteiger partial charge in [0.15, 0.2) is 5.82 Å². The zero-order valence-corrected chi connectivity index (χ0v) is 17.1. The van der Waals surface area contributed by atoms with Gasteiger partial charge in [0.1, 0.15) is 24.7 Å². The maximum atomic E-state index is 6.12. The van der Waals surface area contributed by atoms with Crippen LogP contribution in [0.25, 0.3) is 5.69 Å². The minimum absolute atomic E-state index is 0.493. The van der Waals surface area contributed by atoms with Crippen LogP contribution in [0, 0.1) is 6.92 Å². The minimum Gasteiger partial charge on any atom is -0.492 e. The highest BCUT2D eigenvalue weighted by Gasteiger charge is 2.22. The maximum absolute atomic E-state index is 6.12. The second-order valence-corrected chi connectivity index (χ2v) is 7.51. The van der Waals surface area contributed by atoms with Gasteiger partial charge >= 0.3 is 0 Å². The summed E-state index contributed by atoms with van der Waals surface area (Å²) in [6.45, 7) is 7.55. The highest BCUT2D eigenvalue weighted by Crippen LogP contribution is 2.29. The largest absolute Gasteiger partial charge is 0.492 e. The van der Waals surface area contributed by atoms with Gasteiger partial charge in [-0.25, -0.2) is 0 Å². The van der Waals surface area contributed by atoms with E-state index in [1.165, 1.54) is 0 Å². The Bertz CT molecular complexity index is 1050. The molecule has 3 heterocycles. The molecule has 1 fully saturated rings. The molecule has 154 valence electrons. The predicted molar refractivity (Wildman–Crippen MR) is 115 cm³/mol. The number of rotatable bonds is 5. The third-order valence-electron chi connectivity index (χ3n) is 5.56. The average Bonchev–Trinajstić information content (AvgIpc) is 3.07. The van der Waals surface area contributed by atoms with Crippen LogP contribution in [0.3, 0.4) is 0 Å². The van der Waals surface area contributed by atoms with Crippen molar-refractivity contribution < 1.29 is 9.47 Å². The third-order valence-corrected chi connectivity index (χ3v) is 5.56. The van der Waals surface area contributed by atoms with E-state index in [1.54, 1.807) is 0 Å². The first-order valence-electron chi connectivity index (χ1n) is 10.4. The normalized spacial score (nSPS) is 16.4. The standard InChI is InChI=1S/C23H25N5O2/c1-17-25-26-22-16-24-23(18-5-3-2-4-6-18)20-15-19(7-8-21(20)28(17)22)30-14-11-27-9-12-29-13-10-27/h2-8,15H,9-14,16H2,1H3. The molecule has 2 aliphatic heterocycles. The highest BCUT2D eigenvalue weighted by atomic mass is 16.5. The summed E-state index contributed by atoms with van der Waals surface area (Å²) in [6.07, 6.45) is 0. The van der Waals surface area contributed by atoms with Gasteiger partial charge in [-0.3, -0.25) is 14.5 Å². The van der Waals surface area contributed by atoms with Gasteiger partial charge in [0.25, 0.3) is 0 Å². The zero-order chi connectivity index (χ0) is 20.3. The highest BCUT2D eigenvalue weighted by molar-refractivity contribution is 6.15. The molecule has 0 N–H and O–H groups in total. The molecule has 1 aromatic heterocycles. The fourth-order valence-electron chi connectivity index (χ4n) is 4.01. The number of aromatic nitrogens is 3. The number of morpholine rings is 1. The van der Waals surface area contributed by atoms with E-state index in [0.29, 0.717) is 13.2 Å². The van der Waals surface area contributed by atoms with E-state index in [1.807, 2.05) is 31.2 Å². The molecule has 0 radical (unpaired) electrons. The van der Waals surface area contributed by atoms with E-state index < -0.39 is 0 Å². The van der Waals surface area contributed by atoms with Crippen LogP contribution >= 0.6 is 0 Å². The zero-order valence-electron chi connectivity index (χ0n) is 17.1.